The van der Waals surface area contributed by atoms with Gasteiger partial charge in [0.2, 0.25) is 0 Å². The fourth-order valence-corrected chi connectivity index (χ4v) is 4.77. The Balaban J connectivity index is 2.00. The molecule has 3 aliphatic rings. The van der Waals surface area contributed by atoms with E-state index >= 15 is 0 Å². The number of allylic oxidation sites excluding steroid dienone is 2. The number of likely N-dealkylation sites (tertiary alicyclic amines) is 1. The third-order valence-corrected chi connectivity index (χ3v) is 5.54. The van der Waals surface area contributed by atoms with Gasteiger partial charge in [-0.1, -0.05) is 54.1 Å². The minimum atomic E-state index is 0.351. The number of rotatable bonds is 0. The van der Waals surface area contributed by atoms with E-state index in [9.17, 15) is 0 Å². The quantitative estimate of drug-likeness (QED) is 0.701. The van der Waals surface area contributed by atoms with Gasteiger partial charge >= 0.3 is 0 Å². The van der Waals surface area contributed by atoms with Crippen LogP contribution in [0.3, 0.4) is 0 Å². The summed E-state index contributed by atoms with van der Waals surface area (Å²) in [6.07, 6.45) is 8.28. The van der Waals surface area contributed by atoms with Crippen LogP contribution in [-0.4, -0.2) is 24.5 Å². The van der Waals surface area contributed by atoms with Gasteiger partial charge in [0, 0.05) is 16.2 Å². The molecular weight excluding hydrogens is 322 g/mol. The van der Waals surface area contributed by atoms with Gasteiger partial charge in [-0.25, -0.2) is 0 Å². The Morgan fingerprint density at radius 3 is 2.86 bits per heavy atom. The molecule has 2 heteroatoms. The highest BCUT2D eigenvalue weighted by Gasteiger charge is 2.37. The molecule has 0 radical (unpaired) electrons. The van der Waals surface area contributed by atoms with Gasteiger partial charge in [-0.3, -0.25) is 4.90 Å². The van der Waals surface area contributed by atoms with E-state index in [0.717, 1.165) is 6.54 Å². The zero-order valence-corrected chi connectivity index (χ0v) is 14.4. The Morgan fingerprint density at radius 1 is 1.24 bits per heavy atom. The summed E-state index contributed by atoms with van der Waals surface area (Å²) in [6, 6.07) is 6.96. The number of halogens is 1. The van der Waals surface area contributed by atoms with Crippen molar-refractivity contribution in [3.05, 3.63) is 56.4 Å². The summed E-state index contributed by atoms with van der Waals surface area (Å²) in [5.74, 6) is 0. The number of benzene rings is 1. The van der Waals surface area contributed by atoms with Gasteiger partial charge in [-0.2, -0.15) is 0 Å². The minimum Gasteiger partial charge on any atom is -0.296 e. The van der Waals surface area contributed by atoms with Crippen molar-refractivity contribution in [2.45, 2.75) is 26.3 Å². The molecule has 1 aliphatic heterocycles. The number of nitrogens with zero attached hydrogens (tertiary/aromatic N) is 1. The summed E-state index contributed by atoms with van der Waals surface area (Å²) in [5, 5.41) is 2.71. The van der Waals surface area contributed by atoms with Gasteiger partial charge in [0.15, 0.2) is 0 Å². The predicted octanol–water partition coefficient (Wildman–Crippen LogP) is 2.99. The molecule has 4 rings (SSSR count). The van der Waals surface area contributed by atoms with E-state index in [4.69, 9.17) is 0 Å². The molecule has 21 heavy (non-hydrogen) atoms. The topological polar surface area (TPSA) is 3.24 Å². The molecule has 1 aromatic carbocycles. The van der Waals surface area contributed by atoms with E-state index < -0.39 is 0 Å². The largest absolute Gasteiger partial charge is 0.296 e. The average Bonchev–Trinajstić information content (AvgIpc) is 2.77. The molecule has 1 unspecified atom stereocenters. The minimum absolute atomic E-state index is 0.351. The van der Waals surface area contributed by atoms with Crippen molar-refractivity contribution in [1.29, 1.82) is 0 Å². The molecule has 0 amide bonds. The number of fused-ring (bicyclic) bond motifs is 3. The molecule has 1 aromatic rings. The molecule has 1 saturated heterocycles. The van der Waals surface area contributed by atoms with Gasteiger partial charge < -0.3 is 0 Å². The van der Waals surface area contributed by atoms with Crippen LogP contribution in [0.1, 0.15) is 20.3 Å². The normalized spacial score (nSPS) is 26.3. The lowest BCUT2D eigenvalue weighted by atomic mass is 9.74. The molecule has 0 spiro atoms. The van der Waals surface area contributed by atoms with Crippen molar-refractivity contribution in [2.75, 3.05) is 13.6 Å². The van der Waals surface area contributed by atoms with Crippen molar-refractivity contribution in [3.63, 3.8) is 0 Å². The highest BCUT2D eigenvalue weighted by molar-refractivity contribution is 9.10. The first-order valence-corrected chi connectivity index (χ1v) is 8.38. The van der Waals surface area contributed by atoms with Crippen LogP contribution in [0.2, 0.25) is 0 Å². The van der Waals surface area contributed by atoms with E-state index in [-0.39, 0.29) is 0 Å². The van der Waals surface area contributed by atoms with E-state index in [1.54, 1.807) is 5.57 Å². The zero-order valence-electron chi connectivity index (χ0n) is 12.8. The van der Waals surface area contributed by atoms with Crippen LogP contribution in [0.4, 0.5) is 0 Å². The second-order valence-electron chi connectivity index (χ2n) is 7.26. The second kappa shape index (κ2) is 4.44. The molecule has 1 heterocycles. The first-order chi connectivity index (χ1) is 9.96. The third-order valence-electron chi connectivity index (χ3n) is 4.87. The summed E-state index contributed by atoms with van der Waals surface area (Å²) in [4.78, 5) is 2.49. The fourth-order valence-electron chi connectivity index (χ4n) is 4.17. The fraction of sp³-hybridized carbons (Fsp3) is 0.368. The Hall–Kier alpha value is -1.12. The Labute approximate surface area is 134 Å². The van der Waals surface area contributed by atoms with Crippen LogP contribution in [0.25, 0.3) is 11.6 Å². The average molecular weight is 342 g/mol. The predicted molar refractivity (Wildman–Crippen MR) is 92.2 cm³/mol. The number of hydrogen-bond acceptors (Lipinski definition) is 1. The van der Waals surface area contributed by atoms with Gasteiger partial charge in [-0.05, 0) is 53.0 Å². The summed E-state index contributed by atoms with van der Waals surface area (Å²) >= 11 is 3.72. The maximum Gasteiger partial charge on any atom is 0.0500 e. The zero-order chi connectivity index (χ0) is 14.8. The van der Waals surface area contributed by atoms with E-state index in [1.807, 2.05) is 0 Å². The summed E-state index contributed by atoms with van der Waals surface area (Å²) in [5.41, 5.74) is 4.80. The summed E-state index contributed by atoms with van der Waals surface area (Å²) in [7, 11) is 2.25. The molecule has 1 nitrogen and oxygen atoms in total. The maximum absolute atomic E-state index is 3.72. The van der Waals surface area contributed by atoms with Gasteiger partial charge in [-0.15, -0.1) is 0 Å². The van der Waals surface area contributed by atoms with Crippen molar-refractivity contribution in [2.24, 2.45) is 5.41 Å². The lowest BCUT2D eigenvalue weighted by Gasteiger charge is -2.44. The van der Waals surface area contributed by atoms with Gasteiger partial charge in [0.25, 0.3) is 0 Å². The van der Waals surface area contributed by atoms with Crippen molar-refractivity contribution < 1.29 is 0 Å². The number of piperidine rings is 1. The Bertz CT molecular complexity index is 810. The van der Waals surface area contributed by atoms with Crippen LogP contribution in [-0.2, 0) is 0 Å². The van der Waals surface area contributed by atoms with Crippen molar-refractivity contribution in [3.8, 4) is 0 Å². The number of likely N-dealkylation sites (N-methyl/N-ethyl adjacent to an activating group) is 1. The second-order valence-corrected chi connectivity index (χ2v) is 8.12. The van der Waals surface area contributed by atoms with Gasteiger partial charge in [0.05, 0.1) is 6.04 Å². The number of hydrogen-bond donors (Lipinski definition) is 0. The van der Waals surface area contributed by atoms with Crippen LogP contribution in [0, 0.1) is 5.41 Å². The van der Waals surface area contributed by atoms with Crippen molar-refractivity contribution in [1.82, 2.24) is 4.90 Å². The molecule has 0 N–H and O–H groups in total. The smallest absolute Gasteiger partial charge is 0.0500 e. The highest BCUT2D eigenvalue weighted by Crippen LogP contribution is 2.41. The first kappa shape index (κ1) is 13.5. The Kier molecular flexibility index (Phi) is 2.86. The monoisotopic (exact) mass is 341 g/mol. The van der Waals surface area contributed by atoms with E-state index in [1.165, 1.54) is 32.5 Å². The SMILES string of the molecule is CN1CC(C)(C)CC2=C3C=c4cccc(Br)c4=C3C=CC21. The van der Waals surface area contributed by atoms with E-state index in [2.05, 4.69) is 78.2 Å². The summed E-state index contributed by atoms with van der Waals surface area (Å²) in [6.45, 7) is 5.91. The van der Waals surface area contributed by atoms with Crippen LogP contribution in [0.5, 0.6) is 0 Å². The maximum atomic E-state index is 3.72. The van der Waals surface area contributed by atoms with Crippen molar-refractivity contribution >= 4 is 27.6 Å². The van der Waals surface area contributed by atoms with Crippen LogP contribution >= 0.6 is 15.9 Å². The Morgan fingerprint density at radius 2 is 2.05 bits per heavy atom. The molecule has 0 saturated carbocycles. The molecule has 0 aromatic heterocycles. The standard InChI is InChI=1S/C19H20BrN/c1-19(2)10-15-14-9-12-5-4-6-16(20)18(12)13(14)7-8-17(15)21(3)11-19/h4-9,17H,10-11H2,1-3H3. The molecule has 1 atom stereocenters. The highest BCUT2D eigenvalue weighted by atomic mass is 79.9. The van der Waals surface area contributed by atoms with Crippen LogP contribution in [0.15, 0.2) is 46.0 Å². The van der Waals surface area contributed by atoms with E-state index in [0.29, 0.717) is 11.5 Å². The summed E-state index contributed by atoms with van der Waals surface area (Å²) < 4.78 is 1.20. The lowest BCUT2D eigenvalue weighted by molar-refractivity contribution is 0.151. The van der Waals surface area contributed by atoms with Gasteiger partial charge in [0.1, 0.15) is 0 Å². The molecule has 2 aliphatic carbocycles. The third kappa shape index (κ3) is 2.00. The molecule has 0 bridgehead atoms. The molecule has 1 fully saturated rings. The molecular formula is C19H20BrN. The lowest BCUT2D eigenvalue weighted by Crippen LogP contribution is -2.46. The van der Waals surface area contributed by atoms with Crippen LogP contribution < -0.4 is 10.4 Å². The molecule has 108 valence electrons. The first-order valence-electron chi connectivity index (χ1n) is 7.59.